The van der Waals surface area contributed by atoms with Crippen LogP contribution >= 0.6 is 11.6 Å². The lowest BCUT2D eigenvalue weighted by atomic mass is 10.3. The van der Waals surface area contributed by atoms with Crippen LogP contribution in [0.15, 0.2) is 43.0 Å². The number of carbonyl (C=O) groups excluding carboxylic acids is 1. The van der Waals surface area contributed by atoms with Gasteiger partial charge in [-0.1, -0.05) is 17.7 Å². The molecule has 122 valence electrons. The Kier molecular flexibility index (Phi) is 4.43. The van der Waals surface area contributed by atoms with Gasteiger partial charge in [-0.15, -0.1) is 0 Å². The molecule has 2 aromatic heterocycles. The van der Waals surface area contributed by atoms with Gasteiger partial charge in [0.05, 0.1) is 23.8 Å². The van der Waals surface area contributed by atoms with Crippen molar-refractivity contribution >= 4 is 29.0 Å². The zero-order valence-electron chi connectivity index (χ0n) is 13.1. The monoisotopic (exact) mass is 342 g/mol. The topological polar surface area (TPSA) is 84.7 Å². The lowest BCUT2D eigenvalue weighted by Crippen LogP contribution is -2.19. The Balaban J connectivity index is 1.68. The van der Waals surface area contributed by atoms with Crippen molar-refractivity contribution in [3.8, 4) is 5.95 Å². The van der Waals surface area contributed by atoms with E-state index in [0.29, 0.717) is 22.3 Å². The zero-order valence-corrected chi connectivity index (χ0v) is 13.9. The molecule has 2 N–H and O–H groups in total. The van der Waals surface area contributed by atoms with E-state index in [-0.39, 0.29) is 0 Å². The Morgan fingerprint density at radius 2 is 1.79 bits per heavy atom. The van der Waals surface area contributed by atoms with E-state index >= 15 is 0 Å². The number of aryl methyl sites for hydroxylation is 1. The standard InChI is InChI=1S/C16H15ClN6O/c1-10-11(2)23(9-20-10)15-18-7-14(8-19-15)22-16(24)21-13-5-3-4-12(17)6-13/h3-9H,1-2H3,(H2,21,22,24). The Morgan fingerprint density at radius 1 is 1.08 bits per heavy atom. The van der Waals surface area contributed by atoms with E-state index in [1.54, 1.807) is 35.2 Å². The van der Waals surface area contributed by atoms with Crippen molar-refractivity contribution in [1.29, 1.82) is 0 Å². The van der Waals surface area contributed by atoms with Crippen LogP contribution in [0.5, 0.6) is 0 Å². The number of hydrogen-bond donors (Lipinski definition) is 2. The Labute approximate surface area is 143 Å². The van der Waals surface area contributed by atoms with Gasteiger partial charge < -0.3 is 10.6 Å². The second kappa shape index (κ2) is 6.67. The van der Waals surface area contributed by atoms with Gasteiger partial charge in [-0.2, -0.15) is 0 Å². The molecule has 0 saturated carbocycles. The minimum Gasteiger partial charge on any atom is -0.308 e. The molecule has 0 aliphatic rings. The molecule has 24 heavy (non-hydrogen) atoms. The molecule has 2 heterocycles. The van der Waals surface area contributed by atoms with Crippen molar-refractivity contribution in [2.75, 3.05) is 10.6 Å². The summed E-state index contributed by atoms with van der Waals surface area (Å²) in [5, 5.41) is 5.90. The molecule has 0 bridgehead atoms. The fourth-order valence-corrected chi connectivity index (χ4v) is 2.26. The molecule has 0 atom stereocenters. The maximum absolute atomic E-state index is 12.0. The Morgan fingerprint density at radius 3 is 2.42 bits per heavy atom. The molecule has 8 heteroatoms. The number of amides is 2. The summed E-state index contributed by atoms with van der Waals surface area (Å²) in [6.07, 6.45) is 4.74. The van der Waals surface area contributed by atoms with E-state index < -0.39 is 6.03 Å². The lowest BCUT2D eigenvalue weighted by Gasteiger charge is -2.08. The van der Waals surface area contributed by atoms with Gasteiger partial charge in [0, 0.05) is 16.4 Å². The van der Waals surface area contributed by atoms with Gasteiger partial charge >= 0.3 is 6.03 Å². The van der Waals surface area contributed by atoms with Gasteiger partial charge in [0.15, 0.2) is 0 Å². The highest BCUT2D eigenvalue weighted by Crippen LogP contribution is 2.15. The molecule has 2 amide bonds. The molecule has 3 rings (SSSR count). The average Bonchev–Trinajstić information content (AvgIpc) is 2.88. The molecule has 0 aliphatic carbocycles. The summed E-state index contributed by atoms with van der Waals surface area (Å²) >= 11 is 5.88. The minimum atomic E-state index is -0.400. The van der Waals surface area contributed by atoms with Crippen LogP contribution in [0.4, 0.5) is 16.2 Å². The normalized spacial score (nSPS) is 10.5. The maximum Gasteiger partial charge on any atom is 0.323 e. The molecular weight excluding hydrogens is 328 g/mol. The number of carbonyl (C=O) groups is 1. The van der Waals surface area contributed by atoms with Gasteiger partial charge in [-0.25, -0.2) is 19.7 Å². The molecule has 1 aromatic carbocycles. The van der Waals surface area contributed by atoms with Gasteiger partial charge in [0.2, 0.25) is 5.95 Å². The number of anilines is 2. The average molecular weight is 343 g/mol. The number of benzene rings is 1. The number of urea groups is 1. The first-order valence-corrected chi connectivity index (χ1v) is 7.57. The predicted molar refractivity (Wildman–Crippen MR) is 92.7 cm³/mol. The smallest absolute Gasteiger partial charge is 0.308 e. The second-order valence-electron chi connectivity index (χ2n) is 5.15. The molecule has 3 aromatic rings. The first-order valence-electron chi connectivity index (χ1n) is 7.19. The SMILES string of the molecule is Cc1ncn(-c2ncc(NC(=O)Nc3cccc(Cl)c3)cn2)c1C. The molecular formula is C16H15ClN6O. The molecule has 0 radical (unpaired) electrons. The number of aromatic nitrogens is 4. The van der Waals surface area contributed by atoms with Crippen LogP contribution in [0.1, 0.15) is 11.4 Å². The van der Waals surface area contributed by atoms with Crippen molar-refractivity contribution in [2.24, 2.45) is 0 Å². The minimum absolute atomic E-state index is 0.400. The van der Waals surface area contributed by atoms with Crippen LogP contribution in [0.25, 0.3) is 5.95 Å². The first-order chi connectivity index (χ1) is 11.5. The zero-order chi connectivity index (χ0) is 17.1. The number of imidazole rings is 1. The number of nitrogens with zero attached hydrogens (tertiary/aromatic N) is 4. The maximum atomic E-state index is 12.0. The first kappa shape index (κ1) is 15.9. The molecule has 0 spiro atoms. The quantitative estimate of drug-likeness (QED) is 0.762. The third-order valence-electron chi connectivity index (χ3n) is 3.45. The van der Waals surface area contributed by atoms with Crippen LogP contribution in [-0.2, 0) is 0 Å². The Hall–Kier alpha value is -2.93. The third kappa shape index (κ3) is 3.52. The van der Waals surface area contributed by atoms with E-state index in [2.05, 4.69) is 25.6 Å². The van der Waals surface area contributed by atoms with E-state index in [0.717, 1.165) is 11.4 Å². The van der Waals surface area contributed by atoms with E-state index in [1.165, 1.54) is 12.4 Å². The Bertz CT molecular complexity index is 875. The fraction of sp³-hybridized carbons (Fsp3) is 0.125. The largest absolute Gasteiger partial charge is 0.323 e. The fourth-order valence-electron chi connectivity index (χ4n) is 2.07. The highest BCUT2D eigenvalue weighted by Gasteiger charge is 2.08. The number of nitrogens with one attached hydrogen (secondary N) is 2. The summed E-state index contributed by atoms with van der Waals surface area (Å²) in [5.41, 5.74) is 2.96. The van der Waals surface area contributed by atoms with Crippen LogP contribution in [0, 0.1) is 13.8 Å². The molecule has 0 fully saturated rings. The molecule has 0 unspecified atom stereocenters. The van der Waals surface area contributed by atoms with E-state index in [1.807, 2.05) is 13.8 Å². The third-order valence-corrected chi connectivity index (χ3v) is 3.68. The summed E-state index contributed by atoms with van der Waals surface area (Å²) in [7, 11) is 0. The molecule has 0 saturated heterocycles. The van der Waals surface area contributed by atoms with Crippen molar-refractivity contribution in [1.82, 2.24) is 19.5 Å². The predicted octanol–water partition coefficient (Wildman–Crippen LogP) is 3.58. The number of hydrogen-bond acceptors (Lipinski definition) is 4. The van der Waals surface area contributed by atoms with E-state index in [9.17, 15) is 4.79 Å². The van der Waals surface area contributed by atoms with Gasteiger partial charge in [0.25, 0.3) is 0 Å². The van der Waals surface area contributed by atoms with Gasteiger partial charge in [0.1, 0.15) is 6.33 Å². The van der Waals surface area contributed by atoms with Gasteiger partial charge in [-0.05, 0) is 32.0 Å². The van der Waals surface area contributed by atoms with Crippen LogP contribution < -0.4 is 10.6 Å². The number of halogens is 1. The van der Waals surface area contributed by atoms with Crippen LogP contribution in [0.2, 0.25) is 5.02 Å². The summed E-state index contributed by atoms with van der Waals surface area (Å²) in [4.78, 5) is 24.7. The van der Waals surface area contributed by atoms with Crippen molar-refractivity contribution in [3.05, 3.63) is 59.4 Å². The summed E-state index contributed by atoms with van der Waals surface area (Å²) < 4.78 is 1.78. The van der Waals surface area contributed by atoms with E-state index in [4.69, 9.17) is 11.6 Å². The lowest BCUT2D eigenvalue weighted by molar-refractivity contribution is 0.262. The van der Waals surface area contributed by atoms with Crippen molar-refractivity contribution in [3.63, 3.8) is 0 Å². The number of rotatable bonds is 3. The van der Waals surface area contributed by atoms with Crippen LogP contribution in [-0.4, -0.2) is 25.6 Å². The second-order valence-corrected chi connectivity index (χ2v) is 5.58. The summed E-state index contributed by atoms with van der Waals surface area (Å²) in [5.74, 6) is 0.494. The molecule has 0 aliphatic heterocycles. The summed E-state index contributed by atoms with van der Waals surface area (Å²) in [6.45, 7) is 3.86. The van der Waals surface area contributed by atoms with Gasteiger partial charge in [-0.3, -0.25) is 4.57 Å². The highest BCUT2D eigenvalue weighted by atomic mass is 35.5. The highest BCUT2D eigenvalue weighted by molar-refractivity contribution is 6.30. The van der Waals surface area contributed by atoms with Crippen LogP contribution in [0.3, 0.4) is 0 Å². The van der Waals surface area contributed by atoms with Crippen molar-refractivity contribution in [2.45, 2.75) is 13.8 Å². The van der Waals surface area contributed by atoms with Crippen molar-refractivity contribution < 1.29 is 4.79 Å². The summed E-state index contributed by atoms with van der Waals surface area (Å²) in [6, 6.07) is 6.49. The molecule has 7 nitrogen and oxygen atoms in total.